The third-order valence-electron chi connectivity index (χ3n) is 4.04. The number of ether oxygens (including phenoxy) is 1. The molecule has 0 unspecified atom stereocenters. The van der Waals surface area contributed by atoms with Crippen LogP contribution >= 0.6 is 0 Å². The summed E-state index contributed by atoms with van der Waals surface area (Å²) in [7, 11) is 1.66. The van der Waals surface area contributed by atoms with E-state index >= 15 is 0 Å². The van der Waals surface area contributed by atoms with Crippen LogP contribution in [0.4, 0.5) is 0 Å². The Bertz CT molecular complexity index is 617. The number of aryl methyl sites for hydroxylation is 1. The van der Waals surface area contributed by atoms with E-state index in [0.29, 0.717) is 0 Å². The van der Waals surface area contributed by atoms with Gasteiger partial charge in [-0.3, -0.25) is 4.79 Å². The second-order valence-electron chi connectivity index (χ2n) is 5.31. The van der Waals surface area contributed by atoms with E-state index in [0.717, 1.165) is 36.1 Å². The van der Waals surface area contributed by atoms with Gasteiger partial charge in [-0.2, -0.15) is 0 Å². The second-order valence-corrected chi connectivity index (χ2v) is 5.31. The Morgan fingerprint density at radius 2 is 1.95 bits per heavy atom. The van der Waals surface area contributed by atoms with Crippen LogP contribution in [0.15, 0.2) is 48.5 Å². The number of rotatable bonds is 3. The molecule has 1 aliphatic rings. The first kappa shape index (κ1) is 12.9. The van der Waals surface area contributed by atoms with Crippen molar-refractivity contribution in [2.45, 2.75) is 19.3 Å². The van der Waals surface area contributed by atoms with Crippen LogP contribution < -0.4 is 4.74 Å². The molecule has 3 rings (SSSR count). The Morgan fingerprint density at radius 1 is 1.15 bits per heavy atom. The summed E-state index contributed by atoms with van der Waals surface area (Å²) in [5.41, 5.74) is 3.24. The van der Waals surface area contributed by atoms with Gasteiger partial charge in [0, 0.05) is 11.5 Å². The molecule has 2 heteroatoms. The molecule has 0 bridgehead atoms. The zero-order valence-corrected chi connectivity index (χ0v) is 11.6. The van der Waals surface area contributed by atoms with Gasteiger partial charge in [0.05, 0.1) is 7.11 Å². The maximum atomic E-state index is 12.6. The summed E-state index contributed by atoms with van der Waals surface area (Å²) in [6.45, 7) is 0. The zero-order chi connectivity index (χ0) is 13.9. The first-order valence-corrected chi connectivity index (χ1v) is 7.03. The molecule has 1 aliphatic carbocycles. The van der Waals surface area contributed by atoms with Crippen molar-refractivity contribution in [3.63, 3.8) is 0 Å². The Hall–Kier alpha value is -2.09. The summed E-state index contributed by atoms with van der Waals surface area (Å²) in [5, 5.41) is 0. The molecule has 0 N–H and O–H groups in total. The molecule has 0 saturated carbocycles. The Labute approximate surface area is 119 Å². The maximum absolute atomic E-state index is 12.6. The molecule has 0 spiro atoms. The fourth-order valence-corrected chi connectivity index (χ4v) is 2.92. The Balaban J connectivity index is 1.82. The van der Waals surface area contributed by atoms with Crippen LogP contribution in [0, 0.1) is 5.92 Å². The zero-order valence-electron chi connectivity index (χ0n) is 11.6. The van der Waals surface area contributed by atoms with Crippen molar-refractivity contribution in [3.8, 4) is 5.75 Å². The lowest BCUT2D eigenvalue weighted by Gasteiger charge is -2.23. The van der Waals surface area contributed by atoms with Crippen LogP contribution in [-0.2, 0) is 12.8 Å². The molecule has 0 fully saturated rings. The number of hydrogen-bond acceptors (Lipinski definition) is 2. The molecule has 0 heterocycles. The fraction of sp³-hybridized carbons (Fsp3) is 0.278. The molecule has 0 aliphatic heterocycles. The SMILES string of the molecule is COc1ccc2c(c1)CC[C@H](Cc1ccccc1)C2=O. The Kier molecular flexibility index (Phi) is 3.55. The van der Waals surface area contributed by atoms with Crippen LogP contribution in [0.3, 0.4) is 0 Å². The molecule has 1 atom stereocenters. The van der Waals surface area contributed by atoms with Gasteiger partial charge in [-0.1, -0.05) is 30.3 Å². The molecule has 2 aromatic carbocycles. The lowest BCUT2D eigenvalue weighted by Crippen LogP contribution is -2.24. The highest BCUT2D eigenvalue weighted by Crippen LogP contribution is 2.30. The molecule has 20 heavy (non-hydrogen) atoms. The molecule has 2 nitrogen and oxygen atoms in total. The minimum atomic E-state index is 0.110. The van der Waals surface area contributed by atoms with Crippen molar-refractivity contribution in [3.05, 3.63) is 65.2 Å². The van der Waals surface area contributed by atoms with Gasteiger partial charge in [0.1, 0.15) is 5.75 Å². The Morgan fingerprint density at radius 3 is 2.70 bits per heavy atom. The van der Waals surface area contributed by atoms with Crippen molar-refractivity contribution < 1.29 is 9.53 Å². The summed E-state index contributed by atoms with van der Waals surface area (Å²) in [6, 6.07) is 16.0. The third-order valence-corrected chi connectivity index (χ3v) is 4.04. The van der Waals surface area contributed by atoms with Crippen LogP contribution in [0.1, 0.15) is 27.9 Å². The minimum Gasteiger partial charge on any atom is -0.497 e. The van der Waals surface area contributed by atoms with Crippen molar-refractivity contribution in [2.75, 3.05) is 7.11 Å². The monoisotopic (exact) mass is 266 g/mol. The smallest absolute Gasteiger partial charge is 0.166 e. The largest absolute Gasteiger partial charge is 0.497 e. The molecular formula is C18H18O2. The average molecular weight is 266 g/mol. The molecule has 0 aromatic heterocycles. The van der Waals surface area contributed by atoms with E-state index in [9.17, 15) is 4.79 Å². The molecule has 102 valence electrons. The van der Waals surface area contributed by atoms with Gasteiger partial charge in [-0.15, -0.1) is 0 Å². The molecular weight excluding hydrogens is 248 g/mol. The summed E-state index contributed by atoms with van der Waals surface area (Å²) in [6.07, 6.45) is 2.72. The van der Waals surface area contributed by atoms with E-state index in [1.54, 1.807) is 7.11 Å². The van der Waals surface area contributed by atoms with Gasteiger partial charge in [-0.05, 0) is 48.6 Å². The average Bonchev–Trinajstić information content (AvgIpc) is 2.51. The standard InChI is InChI=1S/C18H18O2/c1-20-16-9-10-17-14(12-16)7-8-15(18(17)19)11-13-5-3-2-4-6-13/h2-6,9-10,12,15H,7-8,11H2,1H3/t15-/m1/s1. The van der Waals surface area contributed by atoms with Crippen LogP contribution in [-0.4, -0.2) is 12.9 Å². The van der Waals surface area contributed by atoms with Crippen LogP contribution in [0.2, 0.25) is 0 Å². The highest BCUT2D eigenvalue weighted by molar-refractivity contribution is 6.00. The van der Waals surface area contributed by atoms with E-state index in [-0.39, 0.29) is 11.7 Å². The van der Waals surface area contributed by atoms with Gasteiger partial charge in [0.2, 0.25) is 0 Å². The van der Waals surface area contributed by atoms with Gasteiger partial charge in [-0.25, -0.2) is 0 Å². The summed E-state index contributed by atoms with van der Waals surface area (Å²) >= 11 is 0. The number of fused-ring (bicyclic) bond motifs is 1. The van der Waals surface area contributed by atoms with Crippen molar-refractivity contribution in [1.82, 2.24) is 0 Å². The predicted octanol–water partition coefficient (Wildman–Crippen LogP) is 3.68. The van der Waals surface area contributed by atoms with Crippen molar-refractivity contribution in [2.24, 2.45) is 5.92 Å². The van der Waals surface area contributed by atoms with Gasteiger partial charge in [0.25, 0.3) is 0 Å². The van der Waals surface area contributed by atoms with Crippen LogP contribution in [0.5, 0.6) is 5.75 Å². The third kappa shape index (κ3) is 2.46. The fourth-order valence-electron chi connectivity index (χ4n) is 2.92. The number of Topliss-reactive ketones (excluding diaryl/α,β-unsaturated/α-hetero) is 1. The first-order valence-electron chi connectivity index (χ1n) is 7.03. The minimum absolute atomic E-state index is 0.110. The summed E-state index contributed by atoms with van der Waals surface area (Å²) in [4.78, 5) is 12.6. The lowest BCUT2D eigenvalue weighted by atomic mass is 9.80. The first-order chi connectivity index (χ1) is 9.78. The van der Waals surface area contributed by atoms with E-state index in [4.69, 9.17) is 4.74 Å². The topological polar surface area (TPSA) is 26.3 Å². The summed E-state index contributed by atoms with van der Waals surface area (Å²) < 4.78 is 5.23. The number of hydrogen-bond donors (Lipinski definition) is 0. The second kappa shape index (κ2) is 5.49. The highest BCUT2D eigenvalue weighted by Gasteiger charge is 2.27. The van der Waals surface area contributed by atoms with Gasteiger partial charge >= 0.3 is 0 Å². The quantitative estimate of drug-likeness (QED) is 0.847. The van der Waals surface area contributed by atoms with Gasteiger partial charge < -0.3 is 4.74 Å². The summed E-state index contributed by atoms with van der Waals surface area (Å²) in [5.74, 6) is 1.22. The molecule has 0 saturated heterocycles. The van der Waals surface area contributed by atoms with Crippen LogP contribution in [0.25, 0.3) is 0 Å². The maximum Gasteiger partial charge on any atom is 0.166 e. The predicted molar refractivity (Wildman–Crippen MR) is 79.3 cm³/mol. The van der Waals surface area contributed by atoms with Crippen molar-refractivity contribution in [1.29, 1.82) is 0 Å². The number of carbonyl (C=O) groups excluding carboxylic acids is 1. The number of methoxy groups -OCH3 is 1. The highest BCUT2D eigenvalue weighted by atomic mass is 16.5. The van der Waals surface area contributed by atoms with Crippen molar-refractivity contribution >= 4 is 5.78 Å². The van der Waals surface area contributed by atoms with E-state index in [1.165, 1.54) is 5.56 Å². The van der Waals surface area contributed by atoms with E-state index < -0.39 is 0 Å². The molecule has 2 aromatic rings. The number of benzene rings is 2. The molecule has 0 amide bonds. The number of ketones is 1. The molecule has 0 radical (unpaired) electrons. The normalized spacial score (nSPS) is 17.6. The van der Waals surface area contributed by atoms with Gasteiger partial charge in [0.15, 0.2) is 5.78 Å². The lowest BCUT2D eigenvalue weighted by molar-refractivity contribution is 0.0901. The van der Waals surface area contributed by atoms with E-state index in [1.807, 2.05) is 36.4 Å². The van der Waals surface area contributed by atoms with E-state index in [2.05, 4.69) is 12.1 Å². The number of carbonyl (C=O) groups is 1.